The number of benzene rings is 2. The molecule has 2 aromatic carbocycles. The van der Waals surface area contributed by atoms with Gasteiger partial charge in [-0.3, -0.25) is 19.5 Å². The molecular weight excluding hydrogens is 680 g/mol. The van der Waals surface area contributed by atoms with Gasteiger partial charge in [-0.05, 0) is 60.7 Å². The number of aromatic nitrogens is 4. The molecule has 0 spiro atoms. The Balaban J connectivity index is 1.03. The van der Waals surface area contributed by atoms with E-state index in [2.05, 4.69) is 37.6 Å². The zero-order valence-corrected chi connectivity index (χ0v) is 29.6. The van der Waals surface area contributed by atoms with Gasteiger partial charge in [0.15, 0.2) is 5.82 Å². The molecule has 3 aliphatic heterocycles. The Hall–Kier alpha value is -5.17. The van der Waals surface area contributed by atoms with Gasteiger partial charge >= 0.3 is 5.97 Å². The molecule has 2 unspecified atom stereocenters. The number of anilines is 2. The van der Waals surface area contributed by atoms with Crippen molar-refractivity contribution in [3.8, 4) is 28.3 Å². The number of carbonyl (C=O) groups excluding carboxylic acids is 1. The smallest absolute Gasteiger partial charge is 0.307 e. The van der Waals surface area contributed by atoms with Gasteiger partial charge in [0.05, 0.1) is 29.3 Å². The number of hydrogen-bond acceptors (Lipinski definition) is 10. The van der Waals surface area contributed by atoms with Crippen molar-refractivity contribution in [3.63, 3.8) is 0 Å². The molecule has 5 aromatic rings. The van der Waals surface area contributed by atoms with Crippen molar-refractivity contribution < 1.29 is 19.4 Å². The fourth-order valence-electron chi connectivity index (χ4n) is 7.68. The third-order valence-electron chi connectivity index (χ3n) is 10.3. The fraction of sp³-hybridized carbons (Fsp3) is 0.333. The van der Waals surface area contributed by atoms with Crippen LogP contribution in [0.25, 0.3) is 33.4 Å². The fourth-order valence-corrected chi connectivity index (χ4v) is 8.00. The predicted molar refractivity (Wildman–Crippen MR) is 199 cm³/mol. The van der Waals surface area contributed by atoms with Gasteiger partial charge in [-0.15, -0.1) is 0 Å². The molecule has 52 heavy (non-hydrogen) atoms. The first-order valence-electron chi connectivity index (χ1n) is 17.6. The molecule has 6 heterocycles. The van der Waals surface area contributed by atoms with Crippen LogP contribution in [0.2, 0.25) is 5.02 Å². The quantitative estimate of drug-likeness (QED) is 0.162. The van der Waals surface area contributed by atoms with E-state index in [-0.39, 0.29) is 17.9 Å². The van der Waals surface area contributed by atoms with Crippen molar-refractivity contribution in [1.82, 2.24) is 35.5 Å². The minimum absolute atomic E-state index is 0.104. The van der Waals surface area contributed by atoms with E-state index >= 15 is 0 Å². The van der Waals surface area contributed by atoms with Crippen molar-refractivity contribution >= 4 is 46.0 Å². The Kier molecular flexibility index (Phi) is 9.43. The maximum Gasteiger partial charge on any atom is 0.307 e. The molecule has 2 saturated heterocycles. The second-order valence-corrected chi connectivity index (χ2v) is 14.0. The predicted octanol–water partition coefficient (Wildman–Crippen LogP) is 5.38. The zero-order chi connectivity index (χ0) is 35.8. The molecule has 2 atom stereocenters. The van der Waals surface area contributed by atoms with E-state index in [9.17, 15) is 14.7 Å². The van der Waals surface area contributed by atoms with Crippen LogP contribution in [0, 0.1) is 5.92 Å². The first kappa shape index (κ1) is 33.9. The number of ether oxygens (including phenoxy) is 1. The SMILES string of the molecule is COc1nc(-c2cccc(-c3cccc4c3CCN4c3ncnc4cc(CN5CCC(C(=O)O)C5)cnc34)c2Cl)ccc1CNCC1CCC(=O)N1. The van der Waals surface area contributed by atoms with Crippen molar-refractivity contribution in [2.24, 2.45) is 5.92 Å². The summed E-state index contributed by atoms with van der Waals surface area (Å²) in [6.07, 6.45) is 6.31. The second-order valence-electron chi connectivity index (χ2n) is 13.6. The maximum absolute atomic E-state index is 11.5. The lowest BCUT2D eigenvalue weighted by Crippen LogP contribution is -2.35. The molecule has 0 saturated carbocycles. The van der Waals surface area contributed by atoms with E-state index < -0.39 is 5.97 Å². The van der Waals surface area contributed by atoms with Gasteiger partial charge in [0.1, 0.15) is 11.8 Å². The Morgan fingerprint density at radius 3 is 2.69 bits per heavy atom. The van der Waals surface area contributed by atoms with Crippen LogP contribution in [0.3, 0.4) is 0 Å². The minimum atomic E-state index is -0.735. The number of carbonyl (C=O) groups is 2. The number of methoxy groups -OCH3 is 1. The standard InChI is InChI=1S/C39H39ClN8O4/c1-52-38-24(18-41-19-26-9-11-34(49)45-26)8-10-31(46-38)30-6-2-5-29(35(30)40)27-4-3-7-33-28(27)13-15-48(33)37-36-32(43-22-44-37)16-23(17-42-36)20-47-14-12-25(21-47)39(50)51/h2-8,10,16-17,22,25-26,41H,9,11-15,18-21H2,1H3,(H,45,49)(H,50,51). The highest BCUT2D eigenvalue weighted by Crippen LogP contribution is 2.44. The van der Waals surface area contributed by atoms with Crippen LogP contribution < -0.4 is 20.3 Å². The zero-order valence-electron chi connectivity index (χ0n) is 28.8. The lowest BCUT2D eigenvalue weighted by molar-refractivity contribution is -0.141. The Morgan fingerprint density at radius 2 is 1.88 bits per heavy atom. The molecule has 3 aromatic heterocycles. The summed E-state index contributed by atoms with van der Waals surface area (Å²) >= 11 is 7.21. The highest BCUT2D eigenvalue weighted by molar-refractivity contribution is 6.36. The highest BCUT2D eigenvalue weighted by Gasteiger charge is 2.29. The number of carboxylic acid groups (broad SMARTS) is 1. The normalized spacial score (nSPS) is 18.6. The average molecular weight is 719 g/mol. The van der Waals surface area contributed by atoms with Crippen LogP contribution in [-0.4, -0.2) is 81.1 Å². The molecule has 3 aliphatic rings. The van der Waals surface area contributed by atoms with Gasteiger partial charge in [0.25, 0.3) is 0 Å². The van der Waals surface area contributed by atoms with Gasteiger partial charge < -0.3 is 25.4 Å². The number of likely N-dealkylation sites (tertiary alicyclic amines) is 1. The topological polar surface area (TPSA) is 146 Å². The first-order valence-corrected chi connectivity index (χ1v) is 18.0. The number of nitrogens with one attached hydrogen (secondary N) is 2. The summed E-state index contributed by atoms with van der Waals surface area (Å²) < 4.78 is 5.69. The number of fused-ring (bicyclic) bond motifs is 2. The average Bonchev–Trinajstić information content (AvgIpc) is 3.92. The third kappa shape index (κ3) is 6.65. The van der Waals surface area contributed by atoms with Crippen LogP contribution >= 0.6 is 11.6 Å². The van der Waals surface area contributed by atoms with Crippen LogP contribution in [0.15, 0.2) is 67.1 Å². The summed E-state index contributed by atoms with van der Waals surface area (Å²) in [6, 6.07) is 18.4. The second kappa shape index (κ2) is 14.5. The Bertz CT molecular complexity index is 2180. The third-order valence-corrected chi connectivity index (χ3v) is 10.7. The number of hydrogen-bond donors (Lipinski definition) is 3. The van der Waals surface area contributed by atoms with Crippen LogP contribution in [0.5, 0.6) is 5.88 Å². The van der Waals surface area contributed by atoms with Gasteiger partial charge in [-0.25, -0.2) is 15.0 Å². The number of rotatable bonds is 11. The van der Waals surface area contributed by atoms with E-state index in [1.807, 2.05) is 48.7 Å². The summed E-state index contributed by atoms with van der Waals surface area (Å²) in [7, 11) is 1.62. The van der Waals surface area contributed by atoms with E-state index in [4.69, 9.17) is 31.3 Å². The van der Waals surface area contributed by atoms with Crippen molar-refractivity contribution in [2.75, 3.05) is 38.2 Å². The Morgan fingerprint density at radius 1 is 1.04 bits per heavy atom. The summed E-state index contributed by atoms with van der Waals surface area (Å²) in [5, 5.41) is 16.4. The number of amides is 1. The van der Waals surface area contributed by atoms with Gasteiger partial charge in [-0.2, -0.15) is 0 Å². The highest BCUT2D eigenvalue weighted by atomic mass is 35.5. The molecule has 3 N–H and O–H groups in total. The lowest BCUT2D eigenvalue weighted by Gasteiger charge is -2.20. The molecule has 266 valence electrons. The van der Waals surface area contributed by atoms with Crippen molar-refractivity contribution in [1.29, 1.82) is 0 Å². The maximum atomic E-state index is 11.5. The first-order chi connectivity index (χ1) is 25.4. The molecular formula is C39H39ClN8O4. The molecule has 1 amide bonds. The van der Waals surface area contributed by atoms with Crippen LogP contribution in [-0.2, 0) is 29.1 Å². The molecule has 0 bridgehead atoms. The number of aliphatic carboxylic acids is 1. The van der Waals surface area contributed by atoms with Crippen molar-refractivity contribution in [2.45, 2.75) is 44.8 Å². The van der Waals surface area contributed by atoms with Gasteiger partial charge in [-0.1, -0.05) is 48.0 Å². The molecule has 8 rings (SSSR count). The van der Waals surface area contributed by atoms with E-state index in [1.165, 1.54) is 5.56 Å². The van der Waals surface area contributed by atoms with E-state index in [1.54, 1.807) is 13.4 Å². The van der Waals surface area contributed by atoms with Gasteiger partial charge in [0.2, 0.25) is 11.8 Å². The number of carboxylic acids is 1. The molecule has 12 nitrogen and oxygen atoms in total. The van der Waals surface area contributed by atoms with Crippen LogP contribution in [0.4, 0.5) is 11.5 Å². The summed E-state index contributed by atoms with van der Waals surface area (Å²) in [4.78, 5) is 46.2. The summed E-state index contributed by atoms with van der Waals surface area (Å²) in [5.41, 5.74) is 9.13. The van der Waals surface area contributed by atoms with E-state index in [0.29, 0.717) is 55.6 Å². The molecule has 0 aliphatic carbocycles. The monoisotopic (exact) mass is 718 g/mol. The van der Waals surface area contributed by atoms with Gasteiger partial charge in [0, 0.05) is 73.8 Å². The van der Waals surface area contributed by atoms with E-state index in [0.717, 1.165) is 76.3 Å². The molecule has 0 radical (unpaired) electrons. The largest absolute Gasteiger partial charge is 0.481 e. The number of halogens is 1. The number of pyridine rings is 2. The number of nitrogens with zero attached hydrogens (tertiary/aromatic N) is 6. The van der Waals surface area contributed by atoms with Crippen LogP contribution in [0.1, 0.15) is 36.0 Å². The lowest BCUT2D eigenvalue weighted by atomic mass is 9.95. The minimum Gasteiger partial charge on any atom is -0.481 e. The Labute approximate surface area is 306 Å². The van der Waals surface area contributed by atoms with Crippen molar-refractivity contribution in [3.05, 3.63) is 88.8 Å². The molecule has 2 fully saturated rings. The summed E-state index contributed by atoms with van der Waals surface area (Å²) in [6.45, 7) is 3.91. The molecule has 13 heteroatoms. The summed E-state index contributed by atoms with van der Waals surface area (Å²) in [5.74, 6) is 0.325.